The topological polar surface area (TPSA) is 15.7 Å². The summed E-state index contributed by atoms with van der Waals surface area (Å²) < 4.78 is 5.61. The summed E-state index contributed by atoms with van der Waals surface area (Å²) in [6.07, 6.45) is 1.24. The first-order valence-corrected chi connectivity index (χ1v) is 7.73. The molecule has 1 heterocycles. The van der Waals surface area contributed by atoms with Crippen LogP contribution in [0.4, 0.5) is 0 Å². The van der Waals surface area contributed by atoms with Crippen LogP contribution in [0, 0.1) is 0 Å². The van der Waals surface area contributed by atoms with Crippen molar-refractivity contribution in [2.24, 2.45) is 0 Å². The monoisotopic (exact) mass is 284 g/mol. The minimum absolute atomic E-state index is 0.971. The average molecular weight is 284 g/mol. The van der Waals surface area contributed by atoms with E-state index in [-0.39, 0.29) is 0 Å². The van der Waals surface area contributed by atoms with Gasteiger partial charge in [0.05, 0.1) is 7.11 Å². The summed E-state index contributed by atoms with van der Waals surface area (Å²) in [7, 11) is 3.98. The Balaban J connectivity index is 1.91. The smallest absolute Gasteiger partial charge is 0.123 e. The van der Waals surface area contributed by atoms with Crippen molar-refractivity contribution < 1.29 is 4.74 Å². The van der Waals surface area contributed by atoms with Crippen molar-refractivity contribution >= 4 is 10.8 Å². The van der Waals surface area contributed by atoms with Crippen molar-refractivity contribution in [1.82, 2.24) is 9.80 Å². The van der Waals surface area contributed by atoms with E-state index in [1.165, 1.54) is 29.3 Å². The van der Waals surface area contributed by atoms with Gasteiger partial charge in [0.2, 0.25) is 0 Å². The van der Waals surface area contributed by atoms with Crippen LogP contribution in [0.2, 0.25) is 0 Å². The zero-order valence-corrected chi connectivity index (χ0v) is 13.0. The van der Waals surface area contributed by atoms with Crippen LogP contribution in [0.15, 0.2) is 36.4 Å². The Morgan fingerprint density at radius 2 is 1.86 bits per heavy atom. The second-order valence-electron chi connectivity index (χ2n) is 5.90. The number of nitrogens with zero attached hydrogens (tertiary/aromatic N) is 2. The lowest BCUT2D eigenvalue weighted by Crippen LogP contribution is -2.28. The summed E-state index contributed by atoms with van der Waals surface area (Å²) in [5, 5.41) is 2.61. The molecule has 0 atom stereocenters. The zero-order chi connectivity index (χ0) is 14.7. The van der Waals surface area contributed by atoms with Gasteiger partial charge in [0.25, 0.3) is 0 Å². The average Bonchev–Trinajstić information content (AvgIpc) is 2.72. The second-order valence-corrected chi connectivity index (χ2v) is 5.90. The molecule has 0 radical (unpaired) electrons. The third-order valence-electron chi connectivity index (χ3n) is 4.41. The quantitative estimate of drug-likeness (QED) is 0.862. The van der Waals surface area contributed by atoms with E-state index in [9.17, 15) is 0 Å². The van der Waals surface area contributed by atoms with Crippen LogP contribution < -0.4 is 4.74 Å². The molecule has 0 amide bonds. The van der Waals surface area contributed by atoms with Gasteiger partial charge in [-0.15, -0.1) is 0 Å². The van der Waals surface area contributed by atoms with Gasteiger partial charge in [-0.2, -0.15) is 0 Å². The van der Waals surface area contributed by atoms with Gasteiger partial charge in [-0.1, -0.05) is 30.3 Å². The van der Waals surface area contributed by atoms with Crippen LogP contribution in [-0.4, -0.2) is 50.1 Å². The van der Waals surface area contributed by atoms with Crippen LogP contribution in [-0.2, 0) is 6.54 Å². The van der Waals surface area contributed by atoms with Gasteiger partial charge >= 0.3 is 0 Å². The maximum atomic E-state index is 5.61. The van der Waals surface area contributed by atoms with Gasteiger partial charge in [0.15, 0.2) is 0 Å². The Kier molecular flexibility index (Phi) is 4.42. The van der Waals surface area contributed by atoms with Gasteiger partial charge in [-0.05, 0) is 43.4 Å². The summed E-state index contributed by atoms with van der Waals surface area (Å²) in [5.41, 5.74) is 1.32. The van der Waals surface area contributed by atoms with Gasteiger partial charge in [-0.3, -0.25) is 4.90 Å². The molecule has 0 aliphatic carbocycles. The molecule has 1 saturated heterocycles. The van der Waals surface area contributed by atoms with Crippen molar-refractivity contribution in [3.05, 3.63) is 42.0 Å². The lowest BCUT2D eigenvalue weighted by atomic mass is 10.0. The molecule has 2 aromatic rings. The highest BCUT2D eigenvalue weighted by Gasteiger charge is 2.16. The Labute approximate surface area is 127 Å². The number of ether oxygens (including phenoxy) is 1. The SMILES string of the molecule is COc1ccc2ccccc2c1CN1CCCN(C)CC1. The standard InChI is InChI=1S/C18H24N2O/c1-19-10-5-11-20(13-12-19)14-17-16-7-4-3-6-15(16)8-9-18(17)21-2/h3-4,6-9H,5,10-14H2,1-2H3. The number of fused-ring (bicyclic) bond motifs is 1. The van der Waals surface area contributed by atoms with Crippen molar-refractivity contribution in [3.63, 3.8) is 0 Å². The Hall–Kier alpha value is -1.58. The summed E-state index contributed by atoms with van der Waals surface area (Å²) >= 11 is 0. The maximum absolute atomic E-state index is 5.61. The lowest BCUT2D eigenvalue weighted by Gasteiger charge is -2.22. The number of rotatable bonds is 3. The van der Waals surface area contributed by atoms with Crippen molar-refractivity contribution in [2.75, 3.05) is 40.3 Å². The van der Waals surface area contributed by atoms with E-state index in [2.05, 4.69) is 53.2 Å². The molecule has 0 unspecified atom stereocenters. The molecule has 0 saturated carbocycles. The van der Waals surface area contributed by atoms with E-state index in [4.69, 9.17) is 4.74 Å². The molecule has 3 heteroatoms. The van der Waals surface area contributed by atoms with E-state index in [1.807, 2.05) is 0 Å². The molecule has 1 aliphatic heterocycles. The van der Waals surface area contributed by atoms with Crippen LogP contribution in [0.3, 0.4) is 0 Å². The molecule has 1 fully saturated rings. The summed E-state index contributed by atoms with van der Waals surface area (Å²) in [4.78, 5) is 4.97. The van der Waals surface area contributed by atoms with Gasteiger partial charge in [0.1, 0.15) is 5.75 Å². The number of benzene rings is 2. The van der Waals surface area contributed by atoms with E-state index in [1.54, 1.807) is 7.11 Å². The van der Waals surface area contributed by atoms with E-state index < -0.39 is 0 Å². The minimum atomic E-state index is 0.971. The molecule has 1 aliphatic rings. The zero-order valence-electron chi connectivity index (χ0n) is 13.0. The van der Waals surface area contributed by atoms with Crippen molar-refractivity contribution in [2.45, 2.75) is 13.0 Å². The third-order valence-corrected chi connectivity index (χ3v) is 4.41. The molecule has 3 nitrogen and oxygen atoms in total. The Morgan fingerprint density at radius 3 is 2.71 bits per heavy atom. The summed E-state index contributed by atoms with van der Waals surface area (Å²) in [6, 6.07) is 12.8. The van der Waals surface area contributed by atoms with Crippen molar-refractivity contribution in [3.8, 4) is 5.75 Å². The first kappa shape index (κ1) is 14.4. The Bertz CT molecular complexity index is 611. The molecule has 21 heavy (non-hydrogen) atoms. The van der Waals surface area contributed by atoms with Gasteiger partial charge in [0, 0.05) is 25.2 Å². The van der Waals surface area contributed by atoms with E-state index in [0.29, 0.717) is 0 Å². The first-order chi connectivity index (χ1) is 10.3. The highest BCUT2D eigenvalue weighted by Crippen LogP contribution is 2.29. The fourth-order valence-electron chi connectivity index (χ4n) is 3.15. The Morgan fingerprint density at radius 1 is 1.00 bits per heavy atom. The van der Waals surface area contributed by atoms with Crippen LogP contribution in [0.1, 0.15) is 12.0 Å². The van der Waals surface area contributed by atoms with Crippen molar-refractivity contribution in [1.29, 1.82) is 0 Å². The number of hydrogen-bond acceptors (Lipinski definition) is 3. The second kappa shape index (κ2) is 6.46. The van der Waals surface area contributed by atoms with Gasteiger partial charge in [-0.25, -0.2) is 0 Å². The molecule has 2 aromatic carbocycles. The number of likely N-dealkylation sites (N-methyl/N-ethyl adjacent to an activating group) is 1. The number of hydrogen-bond donors (Lipinski definition) is 0. The van der Waals surface area contributed by atoms with Crippen LogP contribution in [0.25, 0.3) is 10.8 Å². The maximum Gasteiger partial charge on any atom is 0.123 e. The molecule has 0 aromatic heterocycles. The highest BCUT2D eigenvalue weighted by molar-refractivity contribution is 5.87. The van der Waals surface area contributed by atoms with Crippen LogP contribution >= 0.6 is 0 Å². The van der Waals surface area contributed by atoms with E-state index in [0.717, 1.165) is 31.9 Å². The molecule has 0 bridgehead atoms. The predicted octanol–water partition coefficient (Wildman–Crippen LogP) is 2.99. The van der Waals surface area contributed by atoms with Crippen LogP contribution in [0.5, 0.6) is 5.75 Å². The highest BCUT2D eigenvalue weighted by atomic mass is 16.5. The lowest BCUT2D eigenvalue weighted by molar-refractivity contribution is 0.266. The fraction of sp³-hybridized carbons (Fsp3) is 0.444. The normalized spacial score (nSPS) is 17.8. The number of methoxy groups -OCH3 is 1. The van der Waals surface area contributed by atoms with Gasteiger partial charge < -0.3 is 9.64 Å². The molecule has 0 spiro atoms. The summed E-state index contributed by atoms with van der Waals surface area (Å²) in [6.45, 7) is 5.61. The first-order valence-electron chi connectivity index (χ1n) is 7.73. The van der Waals surface area contributed by atoms with E-state index >= 15 is 0 Å². The molecule has 112 valence electrons. The fourth-order valence-corrected chi connectivity index (χ4v) is 3.15. The summed E-state index contributed by atoms with van der Waals surface area (Å²) in [5.74, 6) is 1.01. The largest absolute Gasteiger partial charge is 0.496 e. The predicted molar refractivity (Wildman–Crippen MR) is 87.9 cm³/mol. The molecule has 3 rings (SSSR count). The third kappa shape index (κ3) is 3.20. The minimum Gasteiger partial charge on any atom is -0.496 e. The molecule has 0 N–H and O–H groups in total. The molecular weight excluding hydrogens is 260 g/mol. The molecular formula is C18H24N2O.